The molecule has 1 rings (SSSR count). The molecular weight excluding hydrogens is 256 g/mol. The van der Waals surface area contributed by atoms with Crippen LogP contribution in [0.2, 0.25) is 0 Å². The van der Waals surface area contributed by atoms with Gasteiger partial charge in [0, 0.05) is 11.1 Å². The third kappa shape index (κ3) is 7.08. The van der Waals surface area contributed by atoms with Gasteiger partial charge in [-0.1, -0.05) is 70.7 Å². The van der Waals surface area contributed by atoms with Gasteiger partial charge in [0.1, 0.15) is 0 Å². The molecule has 0 aromatic heterocycles. The predicted octanol–water partition coefficient (Wildman–Crippen LogP) is 6.35. The van der Waals surface area contributed by atoms with Gasteiger partial charge in [-0.25, -0.2) is 0 Å². The Morgan fingerprint density at radius 3 is 2.33 bits per heavy atom. The smallest absolute Gasteiger partial charge is 0.192 e. The molecule has 0 N–H and O–H groups in total. The Kier molecular flexibility index (Phi) is 12.5. The Balaban J connectivity index is 0. The van der Waals surface area contributed by atoms with Crippen LogP contribution >= 0.6 is 0 Å². The van der Waals surface area contributed by atoms with E-state index in [-0.39, 0.29) is 13.2 Å². The third-order valence-corrected chi connectivity index (χ3v) is 3.18. The summed E-state index contributed by atoms with van der Waals surface area (Å²) in [6.45, 7) is 13.8. The molecule has 0 fully saturated rings. The average Bonchev–Trinajstić information content (AvgIpc) is 2.53. The summed E-state index contributed by atoms with van der Waals surface area (Å²) in [5, 5.41) is 0. The molecule has 21 heavy (non-hydrogen) atoms. The summed E-state index contributed by atoms with van der Waals surface area (Å²) in [5.41, 5.74) is 3.72. The van der Waals surface area contributed by atoms with Crippen LogP contribution in [0.25, 0.3) is 0 Å². The third-order valence-electron chi connectivity index (χ3n) is 3.18. The summed E-state index contributed by atoms with van der Waals surface area (Å²) in [7, 11) is 0. The van der Waals surface area contributed by atoms with Crippen LogP contribution < -0.4 is 0 Å². The lowest BCUT2D eigenvalue weighted by molar-refractivity contribution is -0.111. The molecule has 0 bridgehead atoms. The number of rotatable bonds is 5. The maximum absolute atomic E-state index is 12.5. The largest absolute Gasteiger partial charge is 0.289 e. The van der Waals surface area contributed by atoms with Gasteiger partial charge in [-0.05, 0) is 38.7 Å². The second kappa shape index (κ2) is 12.1. The fourth-order valence-corrected chi connectivity index (χ4v) is 1.75. The normalized spacial score (nSPS) is 14.9. The maximum Gasteiger partial charge on any atom is 0.192 e. The van der Waals surface area contributed by atoms with Crippen molar-refractivity contribution < 1.29 is 4.79 Å². The van der Waals surface area contributed by atoms with Crippen molar-refractivity contribution >= 4 is 5.78 Å². The van der Waals surface area contributed by atoms with Gasteiger partial charge in [-0.3, -0.25) is 4.79 Å². The zero-order valence-electron chi connectivity index (χ0n) is 13.6. The summed E-state index contributed by atoms with van der Waals surface area (Å²) in [5.74, 6) is 0.108. The first-order chi connectivity index (χ1) is 9.60. The van der Waals surface area contributed by atoms with Crippen molar-refractivity contribution in [2.75, 3.05) is 0 Å². The lowest BCUT2D eigenvalue weighted by atomic mass is 9.93. The highest BCUT2D eigenvalue weighted by Crippen LogP contribution is 2.20. The van der Waals surface area contributed by atoms with E-state index in [0.717, 1.165) is 36.0 Å². The van der Waals surface area contributed by atoms with Gasteiger partial charge in [0.05, 0.1) is 0 Å². The summed E-state index contributed by atoms with van der Waals surface area (Å²) in [4.78, 5) is 12.5. The van der Waals surface area contributed by atoms with Crippen LogP contribution in [-0.4, -0.2) is 5.78 Å². The molecule has 118 valence electrons. The monoisotopic (exact) mass is 288 g/mol. The van der Waals surface area contributed by atoms with E-state index in [9.17, 15) is 4.79 Å². The van der Waals surface area contributed by atoms with Gasteiger partial charge >= 0.3 is 0 Å². The molecule has 0 aromatic rings. The lowest BCUT2D eigenvalue weighted by Gasteiger charge is -2.10. The second-order valence-corrected chi connectivity index (χ2v) is 4.61. The van der Waals surface area contributed by atoms with E-state index in [2.05, 4.69) is 26.5 Å². The van der Waals surface area contributed by atoms with E-state index in [0.29, 0.717) is 0 Å². The molecule has 0 radical (unpaired) electrons. The fourth-order valence-electron chi connectivity index (χ4n) is 1.75. The van der Waals surface area contributed by atoms with Crippen LogP contribution in [-0.2, 0) is 4.79 Å². The van der Waals surface area contributed by atoms with Crippen LogP contribution in [0, 0.1) is 0 Å². The van der Waals surface area contributed by atoms with E-state index >= 15 is 0 Å². The first-order valence-electron chi connectivity index (χ1n) is 7.52. The minimum atomic E-state index is 0. The van der Waals surface area contributed by atoms with Crippen molar-refractivity contribution in [3.05, 3.63) is 59.3 Å². The van der Waals surface area contributed by atoms with Crippen molar-refractivity contribution in [1.82, 2.24) is 0 Å². The predicted molar refractivity (Wildman–Crippen MR) is 96.5 cm³/mol. The van der Waals surface area contributed by atoms with Gasteiger partial charge in [-0.2, -0.15) is 0 Å². The molecule has 0 amide bonds. The summed E-state index contributed by atoms with van der Waals surface area (Å²) in [6, 6.07) is 0. The van der Waals surface area contributed by atoms with E-state index in [4.69, 9.17) is 0 Å². The Morgan fingerprint density at radius 2 is 1.90 bits per heavy atom. The molecular formula is C20H32O. The molecule has 0 aliphatic heterocycles. The number of hydrogen-bond acceptors (Lipinski definition) is 1. The van der Waals surface area contributed by atoms with E-state index in [1.54, 1.807) is 6.08 Å². The summed E-state index contributed by atoms with van der Waals surface area (Å²) >= 11 is 0. The molecule has 1 aliphatic carbocycles. The van der Waals surface area contributed by atoms with E-state index in [1.165, 1.54) is 5.57 Å². The highest BCUT2D eigenvalue weighted by atomic mass is 16.1. The summed E-state index contributed by atoms with van der Waals surface area (Å²) < 4.78 is 0. The van der Waals surface area contributed by atoms with Crippen LogP contribution in [0.3, 0.4) is 0 Å². The van der Waals surface area contributed by atoms with Gasteiger partial charge in [-0.15, -0.1) is 0 Å². The fraction of sp³-hybridized carbons (Fsp3) is 0.450. The van der Waals surface area contributed by atoms with Crippen LogP contribution in [0.5, 0.6) is 0 Å². The molecule has 1 nitrogen and oxygen atoms in total. The molecule has 0 aromatic carbocycles. The zero-order chi connectivity index (χ0) is 15.5. The van der Waals surface area contributed by atoms with Crippen LogP contribution in [0.1, 0.15) is 61.3 Å². The first kappa shape index (κ1) is 21.7. The van der Waals surface area contributed by atoms with E-state index < -0.39 is 0 Å². The molecule has 0 saturated heterocycles. The van der Waals surface area contributed by atoms with Crippen molar-refractivity contribution in [2.45, 2.75) is 61.3 Å². The van der Waals surface area contributed by atoms with Gasteiger partial charge in [0.2, 0.25) is 0 Å². The van der Waals surface area contributed by atoms with Crippen molar-refractivity contribution in [1.29, 1.82) is 0 Å². The maximum atomic E-state index is 12.5. The number of ketones is 1. The minimum absolute atomic E-state index is 0. The number of hydrogen-bond donors (Lipinski definition) is 0. The molecule has 0 heterocycles. The highest BCUT2D eigenvalue weighted by Gasteiger charge is 2.14. The van der Waals surface area contributed by atoms with Gasteiger partial charge in [0.15, 0.2) is 5.78 Å². The standard InChI is InChI=1S/C17H22O.C2H6.CH4/c1-5-13(3)12-16(14(4)6-2)17(18)15-10-8-7-9-11-15;1-2;/h6,8,10-12H,2,5,7,9H2,1,3-4H3;1-2H3;1H4/b13-12-,16-14+;;. The van der Waals surface area contributed by atoms with Crippen molar-refractivity contribution in [3.63, 3.8) is 0 Å². The van der Waals surface area contributed by atoms with E-state index in [1.807, 2.05) is 39.0 Å². The Labute approximate surface area is 131 Å². The van der Waals surface area contributed by atoms with Crippen molar-refractivity contribution in [2.24, 2.45) is 0 Å². The molecule has 1 heteroatoms. The second-order valence-electron chi connectivity index (χ2n) is 4.61. The zero-order valence-corrected chi connectivity index (χ0v) is 13.6. The Bertz CT molecular complexity index is 456. The minimum Gasteiger partial charge on any atom is -0.289 e. The summed E-state index contributed by atoms with van der Waals surface area (Å²) in [6.07, 6.45) is 12.7. The molecule has 1 aliphatic rings. The van der Waals surface area contributed by atoms with Gasteiger partial charge in [0.25, 0.3) is 0 Å². The number of carbonyl (C=O) groups excluding carboxylic acids is 1. The molecule has 0 saturated carbocycles. The lowest BCUT2D eigenvalue weighted by Crippen LogP contribution is -2.07. The molecule has 0 spiro atoms. The number of allylic oxidation sites excluding steroid dienone is 9. The number of carbonyl (C=O) groups is 1. The van der Waals surface area contributed by atoms with Crippen molar-refractivity contribution in [3.8, 4) is 0 Å². The molecule has 0 atom stereocenters. The van der Waals surface area contributed by atoms with Crippen LogP contribution in [0.15, 0.2) is 59.3 Å². The van der Waals surface area contributed by atoms with Gasteiger partial charge < -0.3 is 0 Å². The topological polar surface area (TPSA) is 17.1 Å². The Morgan fingerprint density at radius 1 is 1.29 bits per heavy atom. The molecule has 0 unspecified atom stereocenters. The van der Waals surface area contributed by atoms with Crippen LogP contribution in [0.4, 0.5) is 0 Å². The SMILES string of the molecule is C.C=C/C(C)=C(\C=C(\C)CC)C(=O)C1=CCCC=C1.CC. The average molecular weight is 288 g/mol. The quantitative estimate of drug-likeness (QED) is 0.425. The number of Topliss-reactive ketones (excluding diaryl/α,β-unsaturated/α-hetero) is 1. The Hall–Kier alpha value is -1.63. The first-order valence-corrected chi connectivity index (χ1v) is 7.52. The highest BCUT2D eigenvalue weighted by molar-refractivity contribution is 6.12.